The molecule has 166 valence electrons. The number of H-pyrrole nitrogens is 1. The van der Waals surface area contributed by atoms with E-state index in [0.29, 0.717) is 19.0 Å². The molecule has 2 aromatic heterocycles. The molecule has 1 aromatic carbocycles. The predicted octanol–water partition coefficient (Wildman–Crippen LogP) is 3.50. The van der Waals surface area contributed by atoms with E-state index in [1.807, 2.05) is 5.16 Å². The zero-order valence-corrected chi connectivity index (χ0v) is 17.7. The van der Waals surface area contributed by atoms with Crippen molar-refractivity contribution in [1.82, 2.24) is 15.0 Å². The number of hydrogen-bond donors (Lipinski definition) is 2. The Morgan fingerprint density at radius 1 is 1.22 bits per heavy atom. The highest BCUT2D eigenvalue weighted by Crippen LogP contribution is 2.26. The van der Waals surface area contributed by atoms with Crippen LogP contribution in [0.15, 0.2) is 51.9 Å². The van der Waals surface area contributed by atoms with Gasteiger partial charge in [-0.2, -0.15) is 5.16 Å². The summed E-state index contributed by atoms with van der Waals surface area (Å²) in [5.74, 6) is -0.875. The Morgan fingerprint density at radius 2 is 1.94 bits per heavy atom. The molecule has 0 atom stereocenters. The molecule has 1 saturated heterocycles. The van der Waals surface area contributed by atoms with Crippen LogP contribution in [0, 0.1) is 11.7 Å². The maximum atomic E-state index is 13.1. The fourth-order valence-electron chi connectivity index (χ4n) is 3.71. The zero-order valence-electron chi connectivity index (χ0n) is 16.9. The lowest BCUT2D eigenvalue weighted by Gasteiger charge is -2.32. The van der Waals surface area contributed by atoms with Crippen molar-refractivity contribution in [2.75, 3.05) is 18.4 Å². The molecule has 8 nitrogen and oxygen atoms in total. The first-order valence-electron chi connectivity index (χ1n) is 10.1. The summed E-state index contributed by atoms with van der Waals surface area (Å²) in [7, 11) is 0. The Kier molecular flexibility index (Phi) is 6.36. The van der Waals surface area contributed by atoms with E-state index in [1.54, 1.807) is 17.0 Å². The number of nitrogens with zero attached hydrogens (tertiary/aromatic N) is 2. The molecule has 10 heteroatoms. The highest BCUT2D eigenvalue weighted by atomic mass is 35.5. The molecule has 0 saturated carbocycles. The van der Waals surface area contributed by atoms with E-state index < -0.39 is 11.5 Å². The highest BCUT2D eigenvalue weighted by molar-refractivity contribution is 6.33. The molecule has 2 N–H and O–H groups in total. The van der Waals surface area contributed by atoms with E-state index in [2.05, 4.69) is 10.3 Å². The van der Waals surface area contributed by atoms with E-state index in [1.165, 1.54) is 24.4 Å². The van der Waals surface area contributed by atoms with Gasteiger partial charge in [-0.15, -0.1) is 0 Å². The van der Waals surface area contributed by atoms with Gasteiger partial charge in [0, 0.05) is 19.3 Å². The lowest BCUT2D eigenvalue weighted by molar-refractivity contribution is 0.0690. The summed E-state index contributed by atoms with van der Waals surface area (Å²) >= 11 is 6.20. The van der Waals surface area contributed by atoms with Crippen molar-refractivity contribution in [3.63, 3.8) is 0 Å². The molecule has 0 bridgehead atoms. The number of anilines is 1. The number of benzene rings is 1. The van der Waals surface area contributed by atoms with Crippen molar-refractivity contribution >= 4 is 29.2 Å². The molecule has 1 aliphatic rings. The number of aromatic nitrogens is 2. The second kappa shape index (κ2) is 9.35. The molecule has 2 amide bonds. The van der Waals surface area contributed by atoms with Gasteiger partial charge in [0.25, 0.3) is 17.4 Å². The lowest BCUT2D eigenvalue weighted by Crippen LogP contribution is -2.39. The van der Waals surface area contributed by atoms with E-state index >= 15 is 0 Å². The normalized spacial score (nSPS) is 14.4. The van der Waals surface area contributed by atoms with Crippen LogP contribution in [0.3, 0.4) is 0 Å². The molecule has 0 spiro atoms. The van der Waals surface area contributed by atoms with E-state index in [-0.39, 0.29) is 33.9 Å². The number of aromatic amines is 1. The van der Waals surface area contributed by atoms with Crippen LogP contribution in [0.4, 0.5) is 10.2 Å². The van der Waals surface area contributed by atoms with Gasteiger partial charge in [-0.05, 0) is 48.9 Å². The number of amides is 2. The number of likely N-dealkylation sites (tertiary alicyclic amines) is 1. The molecule has 0 aliphatic carbocycles. The van der Waals surface area contributed by atoms with Crippen LogP contribution in [0.2, 0.25) is 5.02 Å². The topological polar surface area (TPSA) is 108 Å². The molecule has 3 heterocycles. The van der Waals surface area contributed by atoms with Crippen molar-refractivity contribution in [2.45, 2.75) is 19.3 Å². The van der Waals surface area contributed by atoms with E-state index in [0.717, 1.165) is 30.9 Å². The van der Waals surface area contributed by atoms with Gasteiger partial charge in [-0.25, -0.2) is 9.37 Å². The monoisotopic (exact) mass is 458 g/mol. The Bertz CT molecular complexity index is 1180. The van der Waals surface area contributed by atoms with Gasteiger partial charge < -0.3 is 14.7 Å². The first-order chi connectivity index (χ1) is 15.4. The van der Waals surface area contributed by atoms with Gasteiger partial charge in [0.1, 0.15) is 11.6 Å². The second-order valence-corrected chi connectivity index (χ2v) is 8.05. The number of nitrogens with one attached hydrogen (secondary N) is 2. The summed E-state index contributed by atoms with van der Waals surface area (Å²) in [6, 6.07) is 8.90. The minimum absolute atomic E-state index is 0.109. The molecule has 3 aromatic rings. The van der Waals surface area contributed by atoms with Crippen LogP contribution in [-0.4, -0.2) is 39.9 Å². The van der Waals surface area contributed by atoms with Gasteiger partial charge in [-0.1, -0.05) is 23.7 Å². The molecule has 0 unspecified atom stereocenters. The van der Waals surface area contributed by atoms with Crippen molar-refractivity contribution < 1.29 is 18.5 Å². The summed E-state index contributed by atoms with van der Waals surface area (Å²) in [6.45, 7) is 1.14. The fourth-order valence-corrected chi connectivity index (χ4v) is 3.89. The molecule has 4 rings (SSSR count). The fraction of sp³-hybridized carbons (Fsp3) is 0.273. The van der Waals surface area contributed by atoms with Crippen molar-refractivity contribution in [3.8, 4) is 0 Å². The quantitative estimate of drug-likeness (QED) is 0.608. The van der Waals surface area contributed by atoms with Crippen molar-refractivity contribution in [3.05, 3.63) is 80.7 Å². The zero-order chi connectivity index (χ0) is 22.7. The van der Waals surface area contributed by atoms with E-state index in [9.17, 15) is 18.8 Å². The Balaban J connectivity index is 1.38. The summed E-state index contributed by atoms with van der Waals surface area (Å²) in [5, 5.41) is 4.68. The van der Waals surface area contributed by atoms with Crippen LogP contribution in [-0.2, 0) is 6.42 Å². The standard InChI is InChI=1S/C22H20ClFN4O4/c23-17-12-25-19(26-21(30)18-11-20(29)27-32-18)10-16(17)22(31)28-7-5-14(6-8-28)9-13-1-3-15(24)4-2-13/h1-4,10-12,14H,5-9H2,(H,27,29)(H,25,26,30). The Hall–Kier alpha value is -3.46. The van der Waals surface area contributed by atoms with Crippen LogP contribution >= 0.6 is 11.6 Å². The van der Waals surface area contributed by atoms with Crippen LogP contribution < -0.4 is 10.9 Å². The van der Waals surface area contributed by atoms with Crippen LogP contribution in [0.5, 0.6) is 0 Å². The van der Waals surface area contributed by atoms with Gasteiger partial charge in [0.05, 0.1) is 16.7 Å². The molecule has 0 radical (unpaired) electrons. The molecular weight excluding hydrogens is 439 g/mol. The predicted molar refractivity (Wildman–Crippen MR) is 115 cm³/mol. The van der Waals surface area contributed by atoms with Crippen molar-refractivity contribution in [1.29, 1.82) is 0 Å². The SMILES string of the molecule is O=C(Nc1cc(C(=O)N2CCC(Cc3ccc(F)cc3)CC2)c(Cl)cn1)c1cc(=O)[nH]o1. The first-order valence-corrected chi connectivity index (χ1v) is 10.5. The summed E-state index contributed by atoms with van der Waals surface area (Å²) in [4.78, 5) is 42.0. The third kappa shape index (κ3) is 5.05. The molecule has 32 heavy (non-hydrogen) atoms. The van der Waals surface area contributed by atoms with E-state index in [4.69, 9.17) is 16.1 Å². The Morgan fingerprint density at radius 3 is 2.59 bits per heavy atom. The smallest absolute Gasteiger partial charge is 0.295 e. The lowest BCUT2D eigenvalue weighted by atomic mass is 9.90. The third-order valence-electron chi connectivity index (χ3n) is 5.41. The van der Waals surface area contributed by atoms with Gasteiger partial charge >= 0.3 is 0 Å². The average Bonchev–Trinajstić information content (AvgIpc) is 3.23. The largest absolute Gasteiger partial charge is 0.373 e. The summed E-state index contributed by atoms with van der Waals surface area (Å²) < 4.78 is 17.8. The maximum absolute atomic E-state index is 13.1. The highest BCUT2D eigenvalue weighted by Gasteiger charge is 2.26. The number of hydrogen-bond acceptors (Lipinski definition) is 5. The average molecular weight is 459 g/mol. The van der Waals surface area contributed by atoms with Crippen LogP contribution in [0.1, 0.15) is 39.3 Å². The molecule has 1 aliphatic heterocycles. The number of halogens is 2. The molecular formula is C22H20ClFN4O4. The Labute approximate surface area is 187 Å². The second-order valence-electron chi connectivity index (χ2n) is 7.65. The minimum atomic E-state index is -0.682. The number of pyridine rings is 1. The first kappa shape index (κ1) is 21.8. The summed E-state index contributed by atoms with van der Waals surface area (Å²) in [5.41, 5.74) is 0.759. The third-order valence-corrected chi connectivity index (χ3v) is 5.72. The van der Waals surface area contributed by atoms with Gasteiger partial charge in [0.15, 0.2) is 0 Å². The van der Waals surface area contributed by atoms with Crippen LogP contribution in [0.25, 0.3) is 0 Å². The number of rotatable bonds is 5. The number of piperidine rings is 1. The maximum Gasteiger partial charge on any atom is 0.295 e. The summed E-state index contributed by atoms with van der Waals surface area (Å²) in [6.07, 6.45) is 3.77. The van der Waals surface area contributed by atoms with Gasteiger partial charge in [0.2, 0.25) is 5.76 Å². The number of carbonyl (C=O) groups is 2. The van der Waals surface area contributed by atoms with Gasteiger partial charge in [-0.3, -0.25) is 14.4 Å². The van der Waals surface area contributed by atoms with Crippen molar-refractivity contribution in [2.24, 2.45) is 5.92 Å². The minimum Gasteiger partial charge on any atom is -0.373 e. The number of carbonyl (C=O) groups excluding carboxylic acids is 2. The molecule has 1 fully saturated rings.